The first-order valence-corrected chi connectivity index (χ1v) is 11.1. The van der Waals surface area contributed by atoms with Crippen LogP contribution in [0, 0.1) is 5.92 Å². The molecular weight excluding hydrogens is 432 g/mol. The number of aromatic nitrogens is 2. The Morgan fingerprint density at radius 2 is 1.68 bits per heavy atom. The molecule has 0 N–H and O–H groups in total. The van der Waals surface area contributed by atoms with Crippen LogP contribution in [0.15, 0.2) is 81.4 Å². The molecule has 8 nitrogen and oxygen atoms in total. The molecule has 174 valence electrons. The minimum atomic E-state index is -0.839. The lowest BCUT2D eigenvalue weighted by Crippen LogP contribution is -2.41. The molecule has 1 aliphatic heterocycles. The molecule has 1 aromatic heterocycles. The fraction of sp³-hybridized carbons (Fsp3) is 0.269. The maximum Gasteiger partial charge on any atom is 0.315 e. The molecule has 4 rings (SSSR count). The number of carbonyl (C=O) groups is 1. The van der Waals surface area contributed by atoms with E-state index in [4.69, 9.17) is 9.73 Å². The second kappa shape index (κ2) is 9.93. The number of ether oxygens (including phenoxy) is 1. The second-order valence-corrected chi connectivity index (χ2v) is 8.27. The number of nitrogens with zero attached hydrogens (tertiary/aromatic N) is 4. The summed E-state index contributed by atoms with van der Waals surface area (Å²) >= 11 is 0. The quantitative estimate of drug-likeness (QED) is 0.527. The summed E-state index contributed by atoms with van der Waals surface area (Å²) in [7, 11) is 3.74. The third kappa shape index (κ3) is 4.45. The van der Waals surface area contributed by atoms with E-state index in [2.05, 4.69) is 4.98 Å². The number of esters is 1. The minimum Gasteiger partial charge on any atom is -0.465 e. The van der Waals surface area contributed by atoms with Crippen molar-refractivity contribution in [3.8, 4) is 5.69 Å². The zero-order chi connectivity index (χ0) is 24.2. The van der Waals surface area contributed by atoms with Crippen molar-refractivity contribution in [2.45, 2.75) is 12.8 Å². The summed E-state index contributed by atoms with van der Waals surface area (Å²) in [6.45, 7) is 2.27. The number of aliphatic imine (C=N–C) groups is 1. The Kier molecular flexibility index (Phi) is 6.79. The molecule has 2 aromatic carbocycles. The fourth-order valence-corrected chi connectivity index (χ4v) is 4.32. The molecule has 1 aliphatic rings. The Hall–Kier alpha value is -3.91. The molecule has 2 atom stereocenters. The van der Waals surface area contributed by atoms with Gasteiger partial charge in [-0.25, -0.2) is 9.98 Å². The summed E-state index contributed by atoms with van der Waals surface area (Å²) in [6, 6.07) is 18.2. The number of fused-ring (bicyclic) bond motifs is 1. The van der Waals surface area contributed by atoms with Gasteiger partial charge in [0.25, 0.3) is 11.1 Å². The molecular formula is C26H26N4O4. The fourth-order valence-electron chi connectivity index (χ4n) is 4.32. The Bertz CT molecular complexity index is 1330. The lowest BCUT2D eigenvalue weighted by molar-refractivity contribution is -0.146. The van der Waals surface area contributed by atoms with Crippen molar-refractivity contribution in [1.29, 1.82) is 0 Å². The molecule has 0 bridgehead atoms. The zero-order valence-corrected chi connectivity index (χ0v) is 19.3. The average Bonchev–Trinajstić information content (AvgIpc) is 2.95. The van der Waals surface area contributed by atoms with E-state index in [9.17, 15) is 14.4 Å². The number of carbonyl (C=O) groups excluding carboxylic acids is 1. The predicted molar refractivity (Wildman–Crippen MR) is 130 cm³/mol. The molecule has 0 saturated heterocycles. The van der Waals surface area contributed by atoms with Crippen LogP contribution in [0.5, 0.6) is 0 Å². The smallest absolute Gasteiger partial charge is 0.315 e. The van der Waals surface area contributed by atoms with Crippen molar-refractivity contribution in [3.63, 3.8) is 0 Å². The summed E-state index contributed by atoms with van der Waals surface area (Å²) < 4.78 is 6.82. The van der Waals surface area contributed by atoms with Crippen LogP contribution in [-0.4, -0.2) is 53.4 Å². The van der Waals surface area contributed by atoms with Crippen molar-refractivity contribution in [3.05, 3.63) is 98.7 Å². The summed E-state index contributed by atoms with van der Waals surface area (Å²) in [6.07, 6.45) is 1.01. The molecule has 0 radical (unpaired) electrons. The van der Waals surface area contributed by atoms with E-state index in [1.807, 2.05) is 55.4 Å². The first-order chi connectivity index (χ1) is 16.4. The van der Waals surface area contributed by atoms with Crippen molar-refractivity contribution in [2.24, 2.45) is 10.9 Å². The highest BCUT2D eigenvalue weighted by Crippen LogP contribution is 2.41. The second-order valence-electron chi connectivity index (χ2n) is 8.27. The van der Waals surface area contributed by atoms with Crippen LogP contribution >= 0.6 is 0 Å². The Morgan fingerprint density at radius 1 is 1.03 bits per heavy atom. The molecule has 0 fully saturated rings. The third-order valence-corrected chi connectivity index (χ3v) is 5.64. The molecule has 0 spiro atoms. The lowest BCUT2D eigenvalue weighted by Gasteiger charge is -2.32. The summed E-state index contributed by atoms with van der Waals surface area (Å²) in [5.41, 5.74) is 0.911. The number of benzene rings is 2. The van der Waals surface area contributed by atoms with Crippen LogP contribution in [0.2, 0.25) is 0 Å². The zero-order valence-electron chi connectivity index (χ0n) is 19.3. The average molecular weight is 459 g/mol. The van der Waals surface area contributed by atoms with Crippen molar-refractivity contribution >= 4 is 17.5 Å². The van der Waals surface area contributed by atoms with Gasteiger partial charge in [0.1, 0.15) is 11.7 Å². The molecule has 8 heteroatoms. The standard InChI is InChI=1S/C26H26N4O4/c1-4-34-26(33)22-19(16-29(2)3)28-24-23(21(22)17-11-7-5-8-12-17)25(32)27-15-20(31)30(24)18-13-9-6-10-14-18/h5-15,21-22H,4,16H2,1-3H3. The molecule has 34 heavy (non-hydrogen) atoms. The van der Waals surface area contributed by atoms with E-state index in [1.54, 1.807) is 31.2 Å². The maximum atomic E-state index is 13.3. The Balaban J connectivity index is 2.13. The van der Waals surface area contributed by atoms with E-state index in [0.717, 1.165) is 11.8 Å². The van der Waals surface area contributed by atoms with Gasteiger partial charge in [0.15, 0.2) is 0 Å². The van der Waals surface area contributed by atoms with Gasteiger partial charge < -0.3 is 9.64 Å². The number of para-hydroxylation sites is 1. The molecule has 2 heterocycles. The van der Waals surface area contributed by atoms with E-state index < -0.39 is 28.9 Å². The number of rotatable bonds is 6. The van der Waals surface area contributed by atoms with Crippen molar-refractivity contribution in [1.82, 2.24) is 14.5 Å². The van der Waals surface area contributed by atoms with Gasteiger partial charge in [0.2, 0.25) is 0 Å². The minimum absolute atomic E-state index is 0.185. The SMILES string of the molecule is CCOC(=O)C1C(CN(C)C)=Nc2c(c(=O)ncc(=O)n2-c2ccccc2)C1c1ccccc1. The van der Waals surface area contributed by atoms with Gasteiger partial charge in [-0.15, -0.1) is 0 Å². The number of hydrogen-bond acceptors (Lipinski definition) is 7. The highest BCUT2D eigenvalue weighted by atomic mass is 16.5. The first-order valence-electron chi connectivity index (χ1n) is 11.1. The third-order valence-electron chi connectivity index (χ3n) is 5.64. The molecule has 0 aliphatic carbocycles. The van der Waals surface area contributed by atoms with Gasteiger partial charge in [-0.1, -0.05) is 48.5 Å². The van der Waals surface area contributed by atoms with E-state index in [0.29, 0.717) is 17.9 Å². The van der Waals surface area contributed by atoms with Gasteiger partial charge in [-0.2, -0.15) is 0 Å². The molecule has 0 saturated carbocycles. The van der Waals surface area contributed by atoms with Gasteiger partial charge in [-0.3, -0.25) is 19.0 Å². The van der Waals surface area contributed by atoms with E-state index in [-0.39, 0.29) is 18.0 Å². The summed E-state index contributed by atoms with van der Waals surface area (Å²) in [4.78, 5) is 50.3. The first kappa shape index (κ1) is 23.3. The van der Waals surface area contributed by atoms with Crippen molar-refractivity contribution < 1.29 is 9.53 Å². The topological polar surface area (TPSA) is 93.9 Å². The normalized spacial score (nSPS) is 17.1. The van der Waals surface area contributed by atoms with Crippen LogP contribution in [0.4, 0.5) is 5.82 Å². The largest absolute Gasteiger partial charge is 0.465 e. The van der Waals surface area contributed by atoms with Gasteiger partial charge in [0, 0.05) is 18.2 Å². The molecule has 3 aromatic rings. The van der Waals surface area contributed by atoms with Gasteiger partial charge >= 0.3 is 5.97 Å². The van der Waals surface area contributed by atoms with Gasteiger partial charge in [-0.05, 0) is 38.7 Å². The van der Waals surface area contributed by atoms with Crippen LogP contribution in [-0.2, 0) is 9.53 Å². The van der Waals surface area contributed by atoms with Crippen LogP contribution in [0.3, 0.4) is 0 Å². The van der Waals surface area contributed by atoms with Crippen LogP contribution in [0.1, 0.15) is 24.0 Å². The van der Waals surface area contributed by atoms with Crippen LogP contribution < -0.4 is 11.1 Å². The van der Waals surface area contributed by atoms with E-state index in [1.165, 1.54) is 4.57 Å². The summed E-state index contributed by atoms with van der Waals surface area (Å²) in [5, 5.41) is 0. The predicted octanol–water partition coefficient (Wildman–Crippen LogP) is 2.55. The highest BCUT2D eigenvalue weighted by molar-refractivity contribution is 6.07. The molecule has 2 unspecified atom stereocenters. The Morgan fingerprint density at radius 3 is 2.29 bits per heavy atom. The maximum absolute atomic E-state index is 13.3. The highest BCUT2D eigenvalue weighted by Gasteiger charge is 2.43. The lowest BCUT2D eigenvalue weighted by atomic mass is 9.76. The Labute approximate surface area is 197 Å². The van der Waals surface area contributed by atoms with Gasteiger partial charge in [0.05, 0.1) is 24.1 Å². The summed E-state index contributed by atoms with van der Waals surface area (Å²) in [5.74, 6) is -1.84. The number of hydrogen-bond donors (Lipinski definition) is 0. The van der Waals surface area contributed by atoms with Crippen molar-refractivity contribution in [2.75, 3.05) is 27.2 Å². The van der Waals surface area contributed by atoms with Crippen LogP contribution in [0.25, 0.3) is 5.69 Å². The molecule has 0 amide bonds. The van der Waals surface area contributed by atoms with E-state index >= 15 is 0 Å². The monoisotopic (exact) mass is 458 g/mol.